The van der Waals surface area contributed by atoms with Gasteiger partial charge in [-0.25, -0.2) is 4.79 Å². The van der Waals surface area contributed by atoms with Crippen LogP contribution in [0.15, 0.2) is 0 Å². The lowest BCUT2D eigenvalue weighted by Crippen LogP contribution is -2.52. The second-order valence-corrected chi connectivity index (χ2v) is 3.77. The van der Waals surface area contributed by atoms with Gasteiger partial charge >= 0.3 is 5.97 Å². The van der Waals surface area contributed by atoms with Gasteiger partial charge in [0.1, 0.15) is 12.1 Å². The molecule has 94 valence electrons. The maximum absolute atomic E-state index is 11.5. The van der Waals surface area contributed by atoms with E-state index in [1.807, 2.05) is 6.92 Å². The molecular weight excluding hydrogens is 212 g/mol. The molecule has 0 aliphatic rings. The van der Waals surface area contributed by atoms with Crippen molar-refractivity contribution in [3.05, 3.63) is 0 Å². The van der Waals surface area contributed by atoms with Crippen LogP contribution in [0.4, 0.5) is 0 Å². The molecule has 0 radical (unpaired) electrons. The molecule has 16 heavy (non-hydrogen) atoms. The highest BCUT2D eigenvalue weighted by atomic mass is 16.5. The van der Waals surface area contributed by atoms with Gasteiger partial charge in [0.05, 0.1) is 6.61 Å². The van der Waals surface area contributed by atoms with Crippen LogP contribution in [0.3, 0.4) is 0 Å². The molecule has 2 unspecified atom stereocenters. The number of nitrogens with one attached hydrogen (secondary N) is 1. The number of aliphatic carboxylic acids is 1. The largest absolute Gasteiger partial charge is 0.480 e. The molecule has 1 amide bonds. The number of amides is 1. The smallest absolute Gasteiger partial charge is 0.326 e. The van der Waals surface area contributed by atoms with Crippen LogP contribution in [0, 0.1) is 5.92 Å². The molecule has 4 N–H and O–H groups in total. The second-order valence-electron chi connectivity index (χ2n) is 3.77. The fourth-order valence-corrected chi connectivity index (χ4v) is 1.20. The van der Waals surface area contributed by atoms with Crippen LogP contribution < -0.4 is 11.1 Å². The first-order valence-corrected chi connectivity index (χ1v) is 5.21. The van der Waals surface area contributed by atoms with Crippen LogP contribution in [0.1, 0.15) is 20.3 Å². The van der Waals surface area contributed by atoms with Gasteiger partial charge in [-0.05, 0) is 5.92 Å². The zero-order valence-corrected chi connectivity index (χ0v) is 9.90. The average Bonchev–Trinajstić information content (AvgIpc) is 2.24. The summed E-state index contributed by atoms with van der Waals surface area (Å²) in [5.74, 6) is -1.70. The molecule has 0 aliphatic carbocycles. The Balaban J connectivity index is 4.40. The summed E-state index contributed by atoms with van der Waals surface area (Å²) >= 11 is 0. The van der Waals surface area contributed by atoms with Crippen molar-refractivity contribution in [3.63, 3.8) is 0 Å². The van der Waals surface area contributed by atoms with Crippen molar-refractivity contribution in [1.29, 1.82) is 0 Å². The van der Waals surface area contributed by atoms with Crippen molar-refractivity contribution >= 4 is 11.9 Å². The molecule has 3 atom stereocenters. The second kappa shape index (κ2) is 7.19. The molecule has 0 spiro atoms. The topological polar surface area (TPSA) is 102 Å². The molecule has 0 saturated carbocycles. The van der Waals surface area contributed by atoms with Gasteiger partial charge in [0, 0.05) is 7.11 Å². The minimum absolute atomic E-state index is 0.0681. The summed E-state index contributed by atoms with van der Waals surface area (Å²) in [6.07, 6.45) is 0.663. The molecule has 0 fully saturated rings. The first-order valence-electron chi connectivity index (χ1n) is 5.21. The van der Waals surface area contributed by atoms with Crippen LogP contribution in [0.25, 0.3) is 0 Å². The molecule has 0 aliphatic heterocycles. The first-order chi connectivity index (χ1) is 7.43. The van der Waals surface area contributed by atoms with Gasteiger partial charge in [-0.2, -0.15) is 0 Å². The lowest BCUT2D eigenvalue weighted by Gasteiger charge is -2.21. The number of hydrogen-bond donors (Lipinski definition) is 3. The quantitative estimate of drug-likeness (QED) is 0.553. The van der Waals surface area contributed by atoms with E-state index in [1.54, 1.807) is 6.92 Å². The van der Waals surface area contributed by atoms with E-state index >= 15 is 0 Å². The molecule has 6 heteroatoms. The summed E-state index contributed by atoms with van der Waals surface area (Å²) in [5, 5.41) is 11.4. The van der Waals surface area contributed by atoms with Crippen LogP contribution in [0.5, 0.6) is 0 Å². The van der Waals surface area contributed by atoms with Crippen LogP contribution in [-0.2, 0) is 14.3 Å². The molecule has 0 saturated heterocycles. The van der Waals surface area contributed by atoms with Crippen molar-refractivity contribution in [2.45, 2.75) is 32.4 Å². The van der Waals surface area contributed by atoms with Crippen molar-refractivity contribution in [3.8, 4) is 0 Å². The summed E-state index contributed by atoms with van der Waals surface area (Å²) in [7, 11) is 1.43. The maximum Gasteiger partial charge on any atom is 0.326 e. The number of carbonyl (C=O) groups is 2. The molecule has 6 nitrogen and oxygen atoms in total. The Hall–Kier alpha value is -1.14. The highest BCUT2D eigenvalue weighted by Crippen LogP contribution is 2.07. The standard InChI is InChI=1S/C10H20N2O4/c1-4-6(2)8(10(14)15)12-9(13)7(11)5-16-3/h6-8H,4-5,11H2,1-3H3,(H,12,13)(H,14,15)/t6?,7?,8-/m0/s1. The number of methoxy groups -OCH3 is 1. The number of nitrogens with two attached hydrogens (primary N) is 1. The third-order valence-corrected chi connectivity index (χ3v) is 2.46. The molecule has 0 rings (SSSR count). The van der Waals surface area contributed by atoms with Crippen molar-refractivity contribution in [2.75, 3.05) is 13.7 Å². The Labute approximate surface area is 95.1 Å². The lowest BCUT2D eigenvalue weighted by atomic mass is 9.99. The van der Waals surface area contributed by atoms with Crippen molar-refractivity contribution < 1.29 is 19.4 Å². The predicted molar refractivity (Wildman–Crippen MR) is 58.9 cm³/mol. The monoisotopic (exact) mass is 232 g/mol. The lowest BCUT2D eigenvalue weighted by molar-refractivity contribution is -0.143. The molecule has 0 aromatic heterocycles. The zero-order chi connectivity index (χ0) is 12.7. The van der Waals surface area contributed by atoms with E-state index < -0.39 is 24.0 Å². The van der Waals surface area contributed by atoms with Gasteiger partial charge in [-0.1, -0.05) is 20.3 Å². The van der Waals surface area contributed by atoms with E-state index in [-0.39, 0.29) is 12.5 Å². The van der Waals surface area contributed by atoms with Crippen LogP contribution in [0.2, 0.25) is 0 Å². The number of rotatable bonds is 7. The number of hydrogen-bond acceptors (Lipinski definition) is 4. The number of carboxylic acids is 1. The highest BCUT2D eigenvalue weighted by molar-refractivity contribution is 5.87. The molecule has 0 heterocycles. The minimum Gasteiger partial charge on any atom is -0.480 e. The van der Waals surface area contributed by atoms with Crippen LogP contribution in [-0.4, -0.2) is 42.8 Å². The van der Waals surface area contributed by atoms with E-state index in [9.17, 15) is 9.59 Å². The third kappa shape index (κ3) is 4.59. The number of carboxylic acid groups (broad SMARTS) is 1. The molecule has 0 aromatic carbocycles. The van der Waals surface area contributed by atoms with Gasteiger partial charge in [-0.3, -0.25) is 4.79 Å². The van der Waals surface area contributed by atoms with Gasteiger partial charge < -0.3 is 20.9 Å². The molecule has 0 bridgehead atoms. The Morgan fingerprint density at radius 2 is 2.06 bits per heavy atom. The van der Waals surface area contributed by atoms with E-state index in [4.69, 9.17) is 15.6 Å². The highest BCUT2D eigenvalue weighted by Gasteiger charge is 2.27. The number of carbonyl (C=O) groups excluding carboxylic acids is 1. The Bertz CT molecular complexity index is 245. The summed E-state index contributed by atoms with van der Waals surface area (Å²) in [6.45, 7) is 3.70. The first kappa shape index (κ1) is 14.9. The zero-order valence-electron chi connectivity index (χ0n) is 9.90. The van der Waals surface area contributed by atoms with Gasteiger partial charge in [0.15, 0.2) is 0 Å². The summed E-state index contributed by atoms with van der Waals surface area (Å²) in [4.78, 5) is 22.4. The normalized spacial score (nSPS) is 16.2. The minimum atomic E-state index is -1.05. The fraction of sp³-hybridized carbons (Fsp3) is 0.800. The van der Waals surface area contributed by atoms with Crippen LogP contribution >= 0.6 is 0 Å². The SMILES string of the molecule is CCC(C)[C@H](NC(=O)C(N)COC)C(=O)O. The maximum atomic E-state index is 11.5. The van der Waals surface area contributed by atoms with Gasteiger partial charge in [0.2, 0.25) is 5.91 Å². The molecular formula is C10H20N2O4. The van der Waals surface area contributed by atoms with Crippen molar-refractivity contribution in [1.82, 2.24) is 5.32 Å². The summed E-state index contributed by atoms with van der Waals surface area (Å²) < 4.78 is 4.72. The van der Waals surface area contributed by atoms with E-state index in [2.05, 4.69) is 5.32 Å². The van der Waals surface area contributed by atoms with E-state index in [1.165, 1.54) is 7.11 Å². The summed E-state index contributed by atoms with van der Waals surface area (Å²) in [5.41, 5.74) is 5.49. The Morgan fingerprint density at radius 3 is 2.44 bits per heavy atom. The Morgan fingerprint density at radius 1 is 1.50 bits per heavy atom. The average molecular weight is 232 g/mol. The molecule has 0 aromatic rings. The Kier molecular flexibility index (Phi) is 6.67. The fourth-order valence-electron chi connectivity index (χ4n) is 1.20. The van der Waals surface area contributed by atoms with Gasteiger partial charge in [0.25, 0.3) is 0 Å². The van der Waals surface area contributed by atoms with Crippen molar-refractivity contribution in [2.24, 2.45) is 11.7 Å². The third-order valence-electron chi connectivity index (χ3n) is 2.46. The summed E-state index contributed by atoms with van der Waals surface area (Å²) in [6, 6.07) is -1.74. The van der Waals surface area contributed by atoms with E-state index in [0.717, 1.165) is 0 Å². The van der Waals surface area contributed by atoms with Gasteiger partial charge in [-0.15, -0.1) is 0 Å². The number of ether oxygens (including phenoxy) is 1. The predicted octanol–water partition coefficient (Wildman–Crippen LogP) is -0.424. The van der Waals surface area contributed by atoms with E-state index in [0.29, 0.717) is 6.42 Å².